The minimum absolute atomic E-state index is 0.164. The molecular weight excluding hydrogens is 528 g/mol. The third-order valence-electron chi connectivity index (χ3n) is 5.87. The molecule has 202 valence electrons. The van der Waals surface area contributed by atoms with Gasteiger partial charge in [0.05, 0.1) is 20.1 Å². The smallest absolute Gasteiger partial charge is 0.286 e. The van der Waals surface area contributed by atoms with Crippen LogP contribution in [0.4, 0.5) is 5.69 Å². The van der Waals surface area contributed by atoms with Gasteiger partial charge in [0.1, 0.15) is 11.5 Å². The van der Waals surface area contributed by atoms with Gasteiger partial charge in [-0.25, -0.2) is 0 Å². The normalized spacial score (nSPS) is 11.1. The third-order valence-corrected chi connectivity index (χ3v) is 7.27. The van der Waals surface area contributed by atoms with Gasteiger partial charge in [-0.1, -0.05) is 24.3 Å². The first kappa shape index (κ1) is 29.3. The van der Waals surface area contributed by atoms with Crippen molar-refractivity contribution in [3.05, 3.63) is 83.4 Å². The molecule has 38 heavy (non-hydrogen) atoms. The Labute approximate surface area is 231 Å². The van der Waals surface area contributed by atoms with Crippen molar-refractivity contribution in [2.45, 2.75) is 23.0 Å². The molecule has 3 rings (SSSR count). The van der Waals surface area contributed by atoms with Crippen LogP contribution < -0.4 is 20.1 Å². The van der Waals surface area contributed by atoms with E-state index in [1.165, 1.54) is 14.2 Å². The zero-order valence-electron chi connectivity index (χ0n) is 21.7. The summed E-state index contributed by atoms with van der Waals surface area (Å²) in [6.45, 7) is 0.309. The second-order valence-corrected chi connectivity index (χ2v) is 9.40. The van der Waals surface area contributed by atoms with E-state index in [1.54, 1.807) is 44.2 Å². The van der Waals surface area contributed by atoms with Crippen LogP contribution in [-0.4, -0.2) is 51.9 Å². The monoisotopic (exact) mass is 558 g/mol. The Hall–Kier alpha value is -3.24. The van der Waals surface area contributed by atoms with Crippen LogP contribution in [0.3, 0.4) is 0 Å². The Bertz CT molecular complexity index is 1240. The van der Waals surface area contributed by atoms with Gasteiger partial charge in [-0.05, 0) is 42.0 Å². The Morgan fingerprint density at radius 2 is 1.66 bits per heavy atom. The second kappa shape index (κ2) is 14.1. The lowest BCUT2D eigenvalue weighted by Crippen LogP contribution is -2.48. The molecule has 0 saturated heterocycles. The molecule has 10 heteroatoms. The fourth-order valence-electron chi connectivity index (χ4n) is 3.59. The molecule has 0 radical (unpaired) electrons. The van der Waals surface area contributed by atoms with Crippen LogP contribution in [-0.2, 0) is 26.6 Å². The first-order valence-electron chi connectivity index (χ1n) is 11.7. The molecule has 0 heterocycles. The number of anilines is 1. The Balaban J connectivity index is 1.66. The largest absolute Gasteiger partial charge is 0.497 e. The van der Waals surface area contributed by atoms with E-state index in [-0.39, 0.29) is 11.8 Å². The standard InChI is InChI=1S/C28H31ClN2O6S/c1-34-22-13-12-20(25(15-22)35-2)16-30-26(32)19-9-7-10-23(14-19)38-17-21-8-5-6-11-24(21)31-27(33)28(18-29,36-3)37-4/h5-15H,16-18H2,1-4H3,(H,30,32)(H,31,33). The maximum atomic E-state index is 12.9. The zero-order chi connectivity index (χ0) is 27.5. The number of ether oxygens (including phenoxy) is 4. The van der Waals surface area contributed by atoms with Gasteiger partial charge in [0, 0.05) is 54.3 Å². The number of amides is 2. The van der Waals surface area contributed by atoms with Crippen molar-refractivity contribution < 1.29 is 28.5 Å². The van der Waals surface area contributed by atoms with Crippen molar-refractivity contribution >= 4 is 40.9 Å². The highest BCUT2D eigenvalue weighted by Crippen LogP contribution is 2.29. The predicted octanol–water partition coefficient (Wildman–Crippen LogP) is 5.09. The van der Waals surface area contributed by atoms with Gasteiger partial charge in [0.2, 0.25) is 0 Å². The van der Waals surface area contributed by atoms with E-state index in [4.69, 9.17) is 30.5 Å². The molecule has 0 aliphatic heterocycles. The molecule has 2 N–H and O–H groups in total. The Morgan fingerprint density at radius 3 is 2.34 bits per heavy atom. The second-order valence-electron chi connectivity index (χ2n) is 8.08. The van der Waals surface area contributed by atoms with Crippen molar-refractivity contribution in [3.8, 4) is 11.5 Å². The molecule has 0 aromatic heterocycles. The minimum atomic E-state index is -1.58. The average molecular weight is 559 g/mol. The number of hydrogen-bond acceptors (Lipinski definition) is 7. The maximum absolute atomic E-state index is 12.9. The molecule has 3 aromatic rings. The van der Waals surface area contributed by atoms with Crippen molar-refractivity contribution in [2.24, 2.45) is 0 Å². The van der Waals surface area contributed by atoms with Gasteiger partial charge >= 0.3 is 0 Å². The molecule has 0 aliphatic rings. The lowest BCUT2D eigenvalue weighted by Gasteiger charge is -2.27. The minimum Gasteiger partial charge on any atom is -0.497 e. The molecule has 0 fully saturated rings. The van der Waals surface area contributed by atoms with Crippen molar-refractivity contribution in [1.82, 2.24) is 5.32 Å². The van der Waals surface area contributed by atoms with Crippen LogP contribution in [0.2, 0.25) is 0 Å². The summed E-state index contributed by atoms with van der Waals surface area (Å²) in [5, 5.41) is 5.79. The molecular formula is C28H31ClN2O6S. The molecule has 0 spiro atoms. The van der Waals surface area contributed by atoms with Gasteiger partial charge < -0.3 is 29.6 Å². The molecule has 0 bridgehead atoms. The lowest BCUT2D eigenvalue weighted by molar-refractivity contribution is -0.194. The molecule has 0 atom stereocenters. The van der Waals surface area contributed by atoms with E-state index >= 15 is 0 Å². The van der Waals surface area contributed by atoms with E-state index in [9.17, 15) is 9.59 Å². The summed E-state index contributed by atoms with van der Waals surface area (Å²) >= 11 is 7.47. The fraction of sp³-hybridized carbons (Fsp3) is 0.286. The summed E-state index contributed by atoms with van der Waals surface area (Å²) in [7, 11) is 5.89. The summed E-state index contributed by atoms with van der Waals surface area (Å²) in [6, 6.07) is 20.3. The van der Waals surface area contributed by atoms with Gasteiger partial charge in [-0.3, -0.25) is 9.59 Å². The van der Waals surface area contributed by atoms with Crippen LogP contribution in [0.1, 0.15) is 21.5 Å². The van der Waals surface area contributed by atoms with Crippen LogP contribution in [0, 0.1) is 0 Å². The van der Waals surface area contributed by atoms with Crippen LogP contribution in [0.25, 0.3) is 0 Å². The Kier molecular flexibility index (Phi) is 10.8. The number of methoxy groups -OCH3 is 4. The number of nitrogens with one attached hydrogen (secondary N) is 2. The highest BCUT2D eigenvalue weighted by atomic mass is 35.5. The molecule has 0 unspecified atom stereocenters. The first-order valence-corrected chi connectivity index (χ1v) is 13.2. The number of thioether (sulfide) groups is 1. The highest BCUT2D eigenvalue weighted by molar-refractivity contribution is 7.98. The van der Waals surface area contributed by atoms with Gasteiger partial charge in [0.25, 0.3) is 17.6 Å². The van der Waals surface area contributed by atoms with E-state index < -0.39 is 11.7 Å². The highest BCUT2D eigenvalue weighted by Gasteiger charge is 2.38. The van der Waals surface area contributed by atoms with Crippen LogP contribution in [0.5, 0.6) is 11.5 Å². The topological polar surface area (TPSA) is 95.1 Å². The zero-order valence-corrected chi connectivity index (χ0v) is 23.3. The number of halogens is 1. The predicted molar refractivity (Wildman–Crippen MR) is 149 cm³/mol. The summed E-state index contributed by atoms with van der Waals surface area (Å²) in [5.41, 5.74) is 2.89. The number of alkyl halides is 1. The van der Waals surface area contributed by atoms with Gasteiger partial charge in [-0.2, -0.15) is 0 Å². The number of carbonyl (C=O) groups is 2. The number of hydrogen-bond donors (Lipinski definition) is 2. The molecule has 0 aliphatic carbocycles. The van der Waals surface area contributed by atoms with E-state index in [2.05, 4.69) is 10.6 Å². The molecule has 0 saturated carbocycles. The Morgan fingerprint density at radius 1 is 0.895 bits per heavy atom. The summed E-state index contributed by atoms with van der Waals surface area (Å²) in [4.78, 5) is 26.6. The van der Waals surface area contributed by atoms with Gasteiger partial charge in [-0.15, -0.1) is 23.4 Å². The first-order chi connectivity index (χ1) is 18.4. The maximum Gasteiger partial charge on any atom is 0.286 e. The molecule has 2 amide bonds. The van der Waals surface area contributed by atoms with Crippen LogP contribution >= 0.6 is 23.4 Å². The molecule has 3 aromatic carbocycles. The number of benzene rings is 3. The number of carbonyl (C=O) groups excluding carboxylic acids is 2. The van der Waals surface area contributed by atoms with Crippen molar-refractivity contribution in [3.63, 3.8) is 0 Å². The number of rotatable bonds is 13. The number of para-hydroxylation sites is 1. The van der Waals surface area contributed by atoms with Crippen LogP contribution in [0.15, 0.2) is 71.6 Å². The third kappa shape index (κ3) is 7.20. The van der Waals surface area contributed by atoms with E-state index in [0.29, 0.717) is 35.0 Å². The SMILES string of the molecule is COc1ccc(CNC(=O)c2cccc(SCc3ccccc3NC(=O)C(CCl)(OC)OC)c2)c(OC)c1. The van der Waals surface area contributed by atoms with Crippen molar-refractivity contribution in [2.75, 3.05) is 39.6 Å². The van der Waals surface area contributed by atoms with E-state index in [1.807, 2.05) is 48.5 Å². The fourth-order valence-corrected chi connectivity index (χ4v) is 4.89. The molecule has 8 nitrogen and oxygen atoms in total. The summed E-state index contributed by atoms with van der Waals surface area (Å²) in [6.07, 6.45) is 0. The summed E-state index contributed by atoms with van der Waals surface area (Å²) in [5.74, 6) is -0.574. The quantitative estimate of drug-likeness (QED) is 0.171. The average Bonchev–Trinajstić information content (AvgIpc) is 2.96. The summed E-state index contributed by atoms with van der Waals surface area (Å²) < 4.78 is 21.1. The lowest BCUT2D eigenvalue weighted by atomic mass is 10.1. The van der Waals surface area contributed by atoms with Gasteiger partial charge in [0.15, 0.2) is 0 Å². The van der Waals surface area contributed by atoms with E-state index in [0.717, 1.165) is 16.0 Å². The van der Waals surface area contributed by atoms with Crippen molar-refractivity contribution in [1.29, 1.82) is 0 Å².